The minimum atomic E-state index is -4.51. The molecule has 0 heterocycles. The summed E-state index contributed by atoms with van der Waals surface area (Å²) < 4.78 is 42.9. The molecule has 0 aliphatic carbocycles. The molecule has 0 aliphatic heterocycles. The summed E-state index contributed by atoms with van der Waals surface area (Å²) >= 11 is 5.88. The Kier molecular flexibility index (Phi) is 7.54. The highest BCUT2D eigenvalue weighted by Crippen LogP contribution is 2.34. The van der Waals surface area contributed by atoms with E-state index in [1.165, 1.54) is 0 Å². The van der Waals surface area contributed by atoms with E-state index in [0.29, 0.717) is 6.54 Å². The van der Waals surface area contributed by atoms with Crippen LogP contribution in [0.1, 0.15) is 26.3 Å². The number of benzene rings is 1. The van der Waals surface area contributed by atoms with E-state index >= 15 is 0 Å². The summed E-state index contributed by atoms with van der Waals surface area (Å²) in [5.41, 5.74) is -0.716. The fourth-order valence-corrected chi connectivity index (χ4v) is 2.18. The van der Waals surface area contributed by atoms with Crippen molar-refractivity contribution in [1.29, 1.82) is 0 Å². The number of halogens is 4. The second kappa shape index (κ2) is 8.94. The predicted molar refractivity (Wildman–Crippen MR) is 88.3 cm³/mol. The van der Waals surface area contributed by atoms with Crippen LogP contribution >= 0.6 is 11.6 Å². The highest BCUT2D eigenvalue weighted by Gasteiger charge is 2.31. The van der Waals surface area contributed by atoms with Gasteiger partial charge in [0.05, 0.1) is 16.3 Å². The monoisotopic (exact) mass is 380 g/mol. The molecule has 1 atom stereocenters. The molecule has 0 spiro atoms. The summed E-state index contributed by atoms with van der Waals surface area (Å²) in [6, 6.07) is 1.92. The lowest BCUT2D eigenvalue weighted by Crippen LogP contribution is -2.38. The zero-order chi connectivity index (χ0) is 19.2. The molecule has 1 unspecified atom stereocenters. The summed E-state index contributed by atoms with van der Waals surface area (Å²) in [5, 5.41) is 5.09. The average molecular weight is 381 g/mol. The van der Waals surface area contributed by atoms with Crippen molar-refractivity contribution in [2.45, 2.75) is 33.0 Å². The SMILES string of the molecule is CCNC(=O)COC(=O)C(Nc1ccc(C(F)(F)F)cc1Cl)C(C)C. The fourth-order valence-electron chi connectivity index (χ4n) is 1.95. The summed E-state index contributed by atoms with van der Waals surface area (Å²) in [4.78, 5) is 23.5. The molecular formula is C16H20ClF3N2O3. The van der Waals surface area contributed by atoms with Crippen LogP contribution in [0, 0.1) is 5.92 Å². The maximum absolute atomic E-state index is 12.7. The Morgan fingerprint density at radius 2 is 1.92 bits per heavy atom. The minimum absolute atomic E-state index is 0.169. The molecule has 2 N–H and O–H groups in total. The molecular weight excluding hydrogens is 361 g/mol. The van der Waals surface area contributed by atoms with Gasteiger partial charge in [0.25, 0.3) is 5.91 Å². The molecule has 5 nitrogen and oxygen atoms in total. The van der Waals surface area contributed by atoms with E-state index in [2.05, 4.69) is 10.6 Å². The number of ether oxygens (including phenoxy) is 1. The first-order valence-electron chi connectivity index (χ1n) is 7.62. The Balaban J connectivity index is 2.84. The van der Waals surface area contributed by atoms with Gasteiger partial charge in [-0.05, 0) is 31.0 Å². The maximum atomic E-state index is 12.7. The lowest BCUT2D eigenvalue weighted by molar-refractivity contribution is -0.150. The van der Waals surface area contributed by atoms with Crippen molar-refractivity contribution in [2.75, 3.05) is 18.5 Å². The fraction of sp³-hybridized carbons (Fsp3) is 0.500. The quantitative estimate of drug-likeness (QED) is 0.711. The first-order valence-corrected chi connectivity index (χ1v) is 8.00. The second-order valence-electron chi connectivity index (χ2n) is 5.62. The third-order valence-electron chi connectivity index (χ3n) is 3.25. The molecule has 0 saturated carbocycles. The topological polar surface area (TPSA) is 67.4 Å². The standard InChI is InChI=1S/C16H20ClF3N2O3/c1-4-21-13(23)8-25-15(24)14(9(2)3)22-12-6-5-10(7-11(12)17)16(18,19)20/h5-7,9,14,22H,4,8H2,1-3H3,(H,21,23). The molecule has 1 rings (SSSR count). The molecule has 1 amide bonds. The second-order valence-corrected chi connectivity index (χ2v) is 6.03. The van der Waals surface area contributed by atoms with Crippen molar-refractivity contribution < 1.29 is 27.5 Å². The van der Waals surface area contributed by atoms with Crippen LogP contribution in [0.25, 0.3) is 0 Å². The minimum Gasteiger partial charge on any atom is -0.454 e. The highest BCUT2D eigenvalue weighted by atomic mass is 35.5. The summed E-state index contributed by atoms with van der Waals surface area (Å²) in [6.45, 7) is 5.15. The van der Waals surface area contributed by atoms with E-state index in [9.17, 15) is 22.8 Å². The van der Waals surface area contributed by atoms with Crippen LogP contribution in [0.15, 0.2) is 18.2 Å². The molecule has 0 aromatic heterocycles. The van der Waals surface area contributed by atoms with E-state index in [0.717, 1.165) is 18.2 Å². The van der Waals surface area contributed by atoms with Crippen molar-refractivity contribution in [1.82, 2.24) is 5.32 Å². The third kappa shape index (κ3) is 6.45. The van der Waals surface area contributed by atoms with Crippen LogP contribution in [0.4, 0.5) is 18.9 Å². The van der Waals surface area contributed by atoms with Gasteiger partial charge in [-0.1, -0.05) is 25.4 Å². The number of rotatable bonds is 7. The Bertz CT molecular complexity index is 621. The third-order valence-corrected chi connectivity index (χ3v) is 3.56. The van der Waals surface area contributed by atoms with E-state index in [-0.39, 0.29) is 16.6 Å². The molecule has 0 bridgehead atoms. The van der Waals surface area contributed by atoms with Gasteiger partial charge in [-0.25, -0.2) is 4.79 Å². The largest absolute Gasteiger partial charge is 0.454 e. The summed E-state index contributed by atoms with van der Waals surface area (Å²) in [7, 11) is 0. The first-order chi connectivity index (χ1) is 11.6. The number of hydrogen-bond donors (Lipinski definition) is 2. The van der Waals surface area contributed by atoms with Crippen molar-refractivity contribution in [3.63, 3.8) is 0 Å². The number of nitrogens with one attached hydrogen (secondary N) is 2. The Morgan fingerprint density at radius 1 is 1.28 bits per heavy atom. The van der Waals surface area contributed by atoms with Gasteiger partial charge in [0.2, 0.25) is 0 Å². The zero-order valence-corrected chi connectivity index (χ0v) is 14.8. The van der Waals surface area contributed by atoms with Crippen LogP contribution in [0.3, 0.4) is 0 Å². The van der Waals surface area contributed by atoms with Gasteiger partial charge in [-0.3, -0.25) is 4.79 Å². The lowest BCUT2D eigenvalue weighted by atomic mass is 10.0. The van der Waals surface area contributed by atoms with Crippen LogP contribution in [0.2, 0.25) is 5.02 Å². The van der Waals surface area contributed by atoms with Crippen molar-refractivity contribution in [2.24, 2.45) is 5.92 Å². The predicted octanol–water partition coefficient (Wildman–Crippen LogP) is 3.47. The van der Waals surface area contributed by atoms with Gasteiger partial charge < -0.3 is 15.4 Å². The van der Waals surface area contributed by atoms with E-state index in [1.54, 1.807) is 20.8 Å². The van der Waals surface area contributed by atoms with E-state index in [1.807, 2.05) is 0 Å². The number of likely N-dealkylation sites (N-methyl/N-ethyl adjacent to an activating group) is 1. The average Bonchev–Trinajstić information content (AvgIpc) is 2.50. The zero-order valence-electron chi connectivity index (χ0n) is 14.0. The normalized spacial score (nSPS) is 12.6. The Morgan fingerprint density at radius 3 is 2.40 bits per heavy atom. The Labute approximate surface area is 148 Å². The molecule has 0 radical (unpaired) electrons. The molecule has 0 fully saturated rings. The van der Waals surface area contributed by atoms with Gasteiger partial charge >= 0.3 is 12.1 Å². The van der Waals surface area contributed by atoms with Gasteiger partial charge in [-0.15, -0.1) is 0 Å². The molecule has 0 saturated heterocycles. The van der Waals surface area contributed by atoms with Gasteiger partial charge in [0.15, 0.2) is 6.61 Å². The van der Waals surface area contributed by atoms with Crippen molar-refractivity contribution in [3.05, 3.63) is 28.8 Å². The molecule has 9 heteroatoms. The molecule has 140 valence electrons. The maximum Gasteiger partial charge on any atom is 0.416 e. The first kappa shape index (κ1) is 21.1. The number of esters is 1. The smallest absolute Gasteiger partial charge is 0.416 e. The number of alkyl halides is 3. The van der Waals surface area contributed by atoms with Crippen LogP contribution < -0.4 is 10.6 Å². The lowest BCUT2D eigenvalue weighted by Gasteiger charge is -2.22. The Hall–Kier alpha value is -1.96. The van der Waals surface area contributed by atoms with E-state index < -0.39 is 36.3 Å². The molecule has 1 aromatic carbocycles. The number of hydrogen-bond acceptors (Lipinski definition) is 4. The van der Waals surface area contributed by atoms with Crippen LogP contribution in [-0.4, -0.2) is 31.1 Å². The highest BCUT2D eigenvalue weighted by molar-refractivity contribution is 6.33. The number of carbonyl (C=O) groups is 2. The van der Waals surface area contributed by atoms with E-state index in [4.69, 9.17) is 16.3 Å². The van der Waals surface area contributed by atoms with Crippen molar-refractivity contribution in [3.8, 4) is 0 Å². The molecule has 25 heavy (non-hydrogen) atoms. The summed E-state index contributed by atoms with van der Waals surface area (Å²) in [6.07, 6.45) is -4.51. The summed E-state index contributed by atoms with van der Waals surface area (Å²) in [5.74, 6) is -1.39. The molecule has 0 aliphatic rings. The van der Waals surface area contributed by atoms with Gasteiger partial charge in [0, 0.05) is 6.54 Å². The number of anilines is 1. The number of amides is 1. The van der Waals surface area contributed by atoms with Gasteiger partial charge in [-0.2, -0.15) is 13.2 Å². The molecule has 1 aromatic rings. The van der Waals surface area contributed by atoms with Crippen molar-refractivity contribution >= 4 is 29.2 Å². The van der Waals surface area contributed by atoms with Crippen LogP contribution in [-0.2, 0) is 20.5 Å². The van der Waals surface area contributed by atoms with Gasteiger partial charge in [0.1, 0.15) is 6.04 Å². The number of carbonyl (C=O) groups excluding carboxylic acids is 2. The van der Waals surface area contributed by atoms with Crippen LogP contribution in [0.5, 0.6) is 0 Å².